The van der Waals surface area contributed by atoms with Crippen molar-refractivity contribution in [3.8, 4) is 5.69 Å². The predicted octanol–water partition coefficient (Wildman–Crippen LogP) is 3.95. The van der Waals surface area contributed by atoms with Gasteiger partial charge in [-0.2, -0.15) is 15.0 Å². The largest absolute Gasteiger partial charge is 0.381 e. The number of aryl methyl sites for hydroxylation is 1. The fourth-order valence-electron chi connectivity index (χ4n) is 2.08. The number of hydrogen-bond donors (Lipinski definition) is 1. The van der Waals surface area contributed by atoms with Crippen molar-refractivity contribution < 1.29 is 0 Å². The Hall–Kier alpha value is -2.14. The summed E-state index contributed by atoms with van der Waals surface area (Å²) in [7, 11) is 0. The normalized spacial score (nSPS) is 10.6. The number of halogens is 1. The molecule has 0 aliphatic carbocycles. The van der Waals surface area contributed by atoms with Crippen LogP contribution in [-0.4, -0.2) is 15.0 Å². The summed E-state index contributed by atoms with van der Waals surface area (Å²) in [6.07, 6.45) is 3.34. The summed E-state index contributed by atoms with van der Waals surface area (Å²) in [5.41, 5.74) is 4.53. The summed E-state index contributed by atoms with van der Waals surface area (Å²) in [6, 6.07) is 14.4. The van der Waals surface area contributed by atoms with Crippen LogP contribution in [0.2, 0.25) is 0 Å². The monoisotopic (exact) mass is 342 g/mol. The van der Waals surface area contributed by atoms with Crippen LogP contribution < -0.4 is 5.32 Å². The van der Waals surface area contributed by atoms with E-state index in [0.717, 1.165) is 22.4 Å². The van der Waals surface area contributed by atoms with Crippen LogP contribution >= 0.6 is 15.9 Å². The second kappa shape index (κ2) is 6.10. The quantitative estimate of drug-likeness (QED) is 0.780. The molecule has 0 spiro atoms. The van der Waals surface area contributed by atoms with Gasteiger partial charge in [0.25, 0.3) is 0 Å². The summed E-state index contributed by atoms with van der Waals surface area (Å²) in [6.45, 7) is 2.90. The van der Waals surface area contributed by atoms with Gasteiger partial charge in [0.2, 0.25) is 0 Å². The maximum atomic E-state index is 4.11. The van der Waals surface area contributed by atoms with Crippen molar-refractivity contribution in [3.05, 3.63) is 70.5 Å². The topological polar surface area (TPSA) is 42.7 Å². The number of anilines is 1. The average molecular weight is 343 g/mol. The molecule has 5 heteroatoms. The zero-order valence-electron chi connectivity index (χ0n) is 11.6. The standard InChI is InChI=1S/C16H15BrN4/c1-12-10-13(2-7-16(12)17)11-18-14-3-5-15(6-4-14)21-19-8-9-20-21/h2-10,18H,11H2,1H3. The van der Waals surface area contributed by atoms with E-state index in [-0.39, 0.29) is 0 Å². The number of aromatic nitrogens is 3. The van der Waals surface area contributed by atoms with E-state index in [0.29, 0.717) is 0 Å². The van der Waals surface area contributed by atoms with Crippen molar-refractivity contribution in [2.24, 2.45) is 0 Å². The fourth-order valence-corrected chi connectivity index (χ4v) is 2.33. The summed E-state index contributed by atoms with van der Waals surface area (Å²) in [5, 5.41) is 11.6. The molecule has 0 aliphatic heterocycles. The van der Waals surface area contributed by atoms with Crippen LogP contribution in [0.4, 0.5) is 5.69 Å². The van der Waals surface area contributed by atoms with Gasteiger partial charge in [0, 0.05) is 16.7 Å². The molecule has 106 valence electrons. The Morgan fingerprint density at radius 2 is 1.76 bits per heavy atom. The van der Waals surface area contributed by atoms with Crippen LogP contribution in [0.15, 0.2) is 59.3 Å². The lowest BCUT2D eigenvalue weighted by atomic mass is 10.1. The predicted molar refractivity (Wildman–Crippen MR) is 87.6 cm³/mol. The van der Waals surface area contributed by atoms with Gasteiger partial charge >= 0.3 is 0 Å². The fraction of sp³-hybridized carbons (Fsp3) is 0.125. The van der Waals surface area contributed by atoms with E-state index in [1.165, 1.54) is 11.1 Å². The van der Waals surface area contributed by atoms with E-state index in [2.05, 4.69) is 56.6 Å². The number of hydrogen-bond acceptors (Lipinski definition) is 3. The first-order valence-electron chi connectivity index (χ1n) is 6.68. The molecule has 3 rings (SSSR count). The Labute approximate surface area is 131 Å². The first kappa shape index (κ1) is 13.8. The van der Waals surface area contributed by atoms with E-state index in [9.17, 15) is 0 Å². The van der Waals surface area contributed by atoms with Crippen LogP contribution in [0.1, 0.15) is 11.1 Å². The minimum atomic E-state index is 0.799. The zero-order chi connectivity index (χ0) is 14.7. The Morgan fingerprint density at radius 1 is 1.05 bits per heavy atom. The van der Waals surface area contributed by atoms with Gasteiger partial charge in [-0.3, -0.25) is 0 Å². The minimum absolute atomic E-state index is 0.799. The molecule has 2 aromatic carbocycles. The van der Waals surface area contributed by atoms with Gasteiger partial charge in [0.15, 0.2) is 0 Å². The van der Waals surface area contributed by atoms with Crippen molar-refractivity contribution in [1.29, 1.82) is 0 Å². The molecule has 0 radical (unpaired) electrons. The van der Waals surface area contributed by atoms with Gasteiger partial charge in [-0.05, 0) is 48.4 Å². The third-order valence-corrected chi connectivity index (χ3v) is 4.13. The molecule has 1 heterocycles. The van der Waals surface area contributed by atoms with Crippen molar-refractivity contribution in [1.82, 2.24) is 15.0 Å². The van der Waals surface area contributed by atoms with E-state index in [1.807, 2.05) is 24.3 Å². The lowest BCUT2D eigenvalue weighted by molar-refractivity contribution is 0.752. The number of nitrogens with zero attached hydrogens (tertiary/aromatic N) is 3. The van der Waals surface area contributed by atoms with Crippen LogP contribution in [0.25, 0.3) is 5.69 Å². The SMILES string of the molecule is Cc1cc(CNc2ccc(-n3nccn3)cc2)ccc1Br. The maximum absolute atomic E-state index is 4.11. The molecule has 0 aliphatic rings. The van der Waals surface area contributed by atoms with Gasteiger partial charge in [-0.1, -0.05) is 28.1 Å². The molecule has 0 bridgehead atoms. The number of nitrogens with one attached hydrogen (secondary N) is 1. The number of rotatable bonds is 4. The third-order valence-electron chi connectivity index (χ3n) is 3.24. The smallest absolute Gasteiger partial charge is 0.0858 e. The maximum Gasteiger partial charge on any atom is 0.0858 e. The first-order valence-corrected chi connectivity index (χ1v) is 7.47. The molecule has 1 aromatic heterocycles. The van der Waals surface area contributed by atoms with Crippen LogP contribution in [0, 0.1) is 6.92 Å². The van der Waals surface area contributed by atoms with E-state index in [1.54, 1.807) is 17.2 Å². The molecular formula is C16H15BrN4. The highest BCUT2D eigenvalue weighted by Gasteiger charge is 2.00. The highest BCUT2D eigenvalue weighted by molar-refractivity contribution is 9.10. The van der Waals surface area contributed by atoms with Gasteiger partial charge in [-0.15, -0.1) is 0 Å². The second-order valence-electron chi connectivity index (χ2n) is 4.80. The molecule has 0 unspecified atom stereocenters. The molecule has 3 aromatic rings. The lowest BCUT2D eigenvalue weighted by Crippen LogP contribution is -2.01. The molecular weight excluding hydrogens is 328 g/mol. The summed E-state index contributed by atoms with van der Waals surface area (Å²) < 4.78 is 1.14. The van der Waals surface area contributed by atoms with E-state index < -0.39 is 0 Å². The van der Waals surface area contributed by atoms with Crippen LogP contribution in [-0.2, 0) is 6.54 Å². The van der Waals surface area contributed by atoms with Gasteiger partial charge in [0.1, 0.15) is 0 Å². The summed E-state index contributed by atoms with van der Waals surface area (Å²) >= 11 is 3.52. The first-order chi connectivity index (χ1) is 10.2. The van der Waals surface area contributed by atoms with E-state index >= 15 is 0 Å². The Balaban J connectivity index is 1.66. The molecule has 1 N–H and O–H groups in total. The highest BCUT2D eigenvalue weighted by atomic mass is 79.9. The second-order valence-corrected chi connectivity index (χ2v) is 5.66. The lowest BCUT2D eigenvalue weighted by Gasteiger charge is -2.09. The van der Waals surface area contributed by atoms with Crippen LogP contribution in [0.5, 0.6) is 0 Å². The Morgan fingerprint density at radius 3 is 2.43 bits per heavy atom. The third kappa shape index (κ3) is 3.31. The Kier molecular flexibility index (Phi) is 4.01. The van der Waals surface area contributed by atoms with Crippen LogP contribution in [0.3, 0.4) is 0 Å². The summed E-state index contributed by atoms with van der Waals surface area (Å²) in [4.78, 5) is 1.60. The molecule has 21 heavy (non-hydrogen) atoms. The molecule has 0 atom stereocenters. The zero-order valence-corrected chi connectivity index (χ0v) is 13.2. The number of benzene rings is 2. The molecule has 0 saturated heterocycles. The Bertz CT molecular complexity index is 721. The molecule has 0 amide bonds. The van der Waals surface area contributed by atoms with E-state index in [4.69, 9.17) is 0 Å². The van der Waals surface area contributed by atoms with Gasteiger partial charge < -0.3 is 5.32 Å². The minimum Gasteiger partial charge on any atom is -0.381 e. The van der Waals surface area contributed by atoms with Crippen molar-refractivity contribution in [3.63, 3.8) is 0 Å². The van der Waals surface area contributed by atoms with Crippen molar-refractivity contribution >= 4 is 21.6 Å². The van der Waals surface area contributed by atoms with Crippen molar-refractivity contribution in [2.45, 2.75) is 13.5 Å². The molecule has 0 saturated carbocycles. The molecule has 4 nitrogen and oxygen atoms in total. The average Bonchev–Trinajstić information content (AvgIpc) is 3.03. The summed E-state index contributed by atoms with van der Waals surface area (Å²) in [5.74, 6) is 0. The van der Waals surface area contributed by atoms with Gasteiger partial charge in [-0.25, -0.2) is 0 Å². The highest BCUT2D eigenvalue weighted by Crippen LogP contribution is 2.18. The van der Waals surface area contributed by atoms with Crippen molar-refractivity contribution in [2.75, 3.05) is 5.32 Å². The van der Waals surface area contributed by atoms with Gasteiger partial charge in [0.05, 0.1) is 18.1 Å². The molecule has 0 fully saturated rings.